The number of nitrogens with one attached hydrogen (secondary N) is 2. The summed E-state index contributed by atoms with van der Waals surface area (Å²) in [7, 11) is 3.76. The fourth-order valence-corrected chi connectivity index (χ4v) is 1.64. The van der Waals surface area contributed by atoms with Gasteiger partial charge in [-0.3, -0.25) is 9.69 Å². The molecule has 0 saturated carbocycles. The Hall–Kier alpha value is -1.62. The highest BCUT2D eigenvalue weighted by Crippen LogP contribution is 2.12. The number of carbonyl (C=O) groups excluding carboxylic acids is 1. The van der Waals surface area contributed by atoms with Crippen molar-refractivity contribution in [3.63, 3.8) is 0 Å². The van der Waals surface area contributed by atoms with E-state index < -0.39 is 0 Å². The minimum atomic E-state index is 0.0462. The first-order valence-electron chi connectivity index (χ1n) is 5.74. The van der Waals surface area contributed by atoms with Crippen LogP contribution < -0.4 is 10.6 Å². The zero-order chi connectivity index (χ0) is 12.7. The molecule has 0 unspecified atom stereocenters. The fourth-order valence-electron chi connectivity index (χ4n) is 1.64. The van der Waals surface area contributed by atoms with Gasteiger partial charge in [-0.1, -0.05) is 6.07 Å². The van der Waals surface area contributed by atoms with Gasteiger partial charge in [-0.05, 0) is 20.0 Å². The van der Waals surface area contributed by atoms with Gasteiger partial charge >= 0.3 is 0 Å². The predicted octanol–water partition coefficient (Wildman–Crippen LogP) is 0.691. The summed E-state index contributed by atoms with van der Waals surface area (Å²) in [5.41, 5.74) is 1.08. The molecule has 94 valence electrons. The molecule has 0 fully saturated rings. The third-order valence-corrected chi connectivity index (χ3v) is 2.36. The third kappa shape index (κ3) is 4.40. The Labute approximate surface area is 102 Å². The highest BCUT2D eigenvalue weighted by molar-refractivity contribution is 5.77. The van der Waals surface area contributed by atoms with Gasteiger partial charge in [0.15, 0.2) is 0 Å². The van der Waals surface area contributed by atoms with Gasteiger partial charge in [0, 0.05) is 31.9 Å². The van der Waals surface area contributed by atoms with Crippen LogP contribution in [0.15, 0.2) is 18.3 Å². The second-order valence-electron chi connectivity index (χ2n) is 3.89. The number of nitrogens with zero attached hydrogens (tertiary/aromatic N) is 2. The van der Waals surface area contributed by atoms with Crippen molar-refractivity contribution in [2.45, 2.75) is 13.5 Å². The monoisotopic (exact) mass is 236 g/mol. The Morgan fingerprint density at radius 1 is 1.53 bits per heavy atom. The largest absolute Gasteiger partial charge is 0.373 e. The van der Waals surface area contributed by atoms with Crippen molar-refractivity contribution in [1.82, 2.24) is 15.2 Å². The Morgan fingerprint density at radius 2 is 2.29 bits per heavy atom. The molecule has 1 aromatic heterocycles. The Kier molecular flexibility index (Phi) is 5.42. The van der Waals surface area contributed by atoms with E-state index >= 15 is 0 Å². The quantitative estimate of drug-likeness (QED) is 0.763. The standard InChI is InChI=1S/C12H20N4O/c1-4-14-11(17)9-16(3)8-10-6-5-7-15-12(10)13-2/h5-7H,4,8-9H2,1-3H3,(H,13,15)(H,14,17). The highest BCUT2D eigenvalue weighted by Gasteiger charge is 2.08. The van der Waals surface area contributed by atoms with Crippen molar-refractivity contribution in [2.75, 3.05) is 32.5 Å². The van der Waals surface area contributed by atoms with Crippen molar-refractivity contribution >= 4 is 11.7 Å². The number of hydrogen-bond donors (Lipinski definition) is 2. The molecular formula is C12H20N4O. The van der Waals surface area contributed by atoms with Crippen LogP contribution in [0.25, 0.3) is 0 Å². The first kappa shape index (κ1) is 13.4. The van der Waals surface area contributed by atoms with Crippen LogP contribution in [-0.2, 0) is 11.3 Å². The minimum Gasteiger partial charge on any atom is -0.373 e. The minimum absolute atomic E-state index is 0.0462. The normalized spacial score (nSPS) is 10.4. The molecule has 0 aliphatic rings. The molecule has 5 heteroatoms. The second kappa shape index (κ2) is 6.85. The lowest BCUT2D eigenvalue weighted by molar-refractivity contribution is -0.121. The van der Waals surface area contributed by atoms with Crippen molar-refractivity contribution in [1.29, 1.82) is 0 Å². The van der Waals surface area contributed by atoms with Gasteiger partial charge in [-0.25, -0.2) is 4.98 Å². The van der Waals surface area contributed by atoms with Crippen LogP contribution in [0.5, 0.6) is 0 Å². The second-order valence-corrected chi connectivity index (χ2v) is 3.89. The van der Waals surface area contributed by atoms with E-state index in [0.29, 0.717) is 19.6 Å². The highest BCUT2D eigenvalue weighted by atomic mass is 16.1. The van der Waals surface area contributed by atoms with Crippen molar-refractivity contribution in [3.8, 4) is 0 Å². The average Bonchev–Trinajstić information content (AvgIpc) is 2.29. The Balaban J connectivity index is 2.55. The lowest BCUT2D eigenvalue weighted by atomic mass is 10.2. The topological polar surface area (TPSA) is 57.3 Å². The summed E-state index contributed by atoms with van der Waals surface area (Å²) in [6.07, 6.45) is 1.75. The van der Waals surface area contributed by atoms with Crippen LogP contribution in [0.1, 0.15) is 12.5 Å². The molecule has 17 heavy (non-hydrogen) atoms. The molecule has 1 amide bonds. The summed E-state index contributed by atoms with van der Waals surface area (Å²) in [6.45, 7) is 3.67. The molecule has 2 N–H and O–H groups in total. The number of pyridine rings is 1. The number of carbonyl (C=O) groups is 1. The van der Waals surface area contributed by atoms with E-state index in [1.165, 1.54) is 0 Å². The van der Waals surface area contributed by atoms with Gasteiger partial charge in [0.1, 0.15) is 5.82 Å². The fraction of sp³-hybridized carbons (Fsp3) is 0.500. The van der Waals surface area contributed by atoms with E-state index in [9.17, 15) is 4.79 Å². The summed E-state index contributed by atoms with van der Waals surface area (Å²) in [4.78, 5) is 17.6. The molecular weight excluding hydrogens is 216 g/mol. The third-order valence-electron chi connectivity index (χ3n) is 2.36. The average molecular weight is 236 g/mol. The zero-order valence-corrected chi connectivity index (χ0v) is 10.7. The molecule has 1 heterocycles. The lowest BCUT2D eigenvalue weighted by Gasteiger charge is -2.17. The van der Waals surface area contributed by atoms with Crippen molar-refractivity contribution in [2.24, 2.45) is 0 Å². The van der Waals surface area contributed by atoms with Gasteiger partial charge in [-0.15, -0.1) is 0 Å². The molecule has 0 aliphatic carbocycles. The maximum atomic E-state index is 11.4. The Morgan fingerprint density at radius 3 is 2.94 bits per heavy atom. The SMILES string of the molecule is CCNC(=O)CN(C)Cc1cccnc1NC. The van der Waals surface area contributed by atoms with E-state index in [1.807, 2.05) is 38.1 Å². The van der Waals surface area contributed by atoms with E-state index in [-0.39, 0.29) is 5.91 Å². The molecule has 0 aliphatic heterocycles. The number of anilines is 1. The summed E-state index contributed by atoms with van der Waals surface area (Å²) in [5.74, 6) is 0.903. The van der Waals surface area contributed by atoms with E-state index in [1.54, 1.807) is 6.20 Å². The maximum Gasteiger partial charge on any atom is 0.234 e. The van der Waals surface area contributed by atoms with Gasteiger partial charge in [0.25, 0.3) is 0 Å². The smallest absolute Gasteiger partial charge is 0.234 e. The number of likely N-dealkylation sites (N-methyl/N-ethyl adjacent to an activating group) is 2. The van der Waals surface area contributed by atoms with Crippen LogP contribution in [0.4, 0.5) is 5.82 Å². The van der Waals surface area contributed by atoms with E-state index in [2.05, 4.69) is 15.6 Å². The summed E-state index contributed by atoms with van der Waals surface area (Å²) < 4.78 is 0. The molecule has 0 atom stereocenters. The van der Waals surface area contributed by atoms with Crippen molar-refractivity contribution in [3.05, 3.63) is 23.9 Å². The summed E-state index contributed by atoms with van der Waals surface area (Å²) in [6, 6.07) is 3.91. The number of hydrogen-bond acceptors (Lipinski definition) is 4. The van der Waals surface area contributed by atoms with Crippen LogP contribution in [-0.4, -0.2) is 43.0 Å². The Bertz CT molecular complexity index is 367. The summed E-state index contributed by atoms with van der Waals surface area (Å²) in [5, 5.41) is 5.82. The van der Waals surface area contributed by atoms with E-state index in [0.717, 1.165) is 11.4 Å². The molecule has 0 aromatic carbocycles. The predicted molar refractivity (Wildman–Crippen MR) is 68.8 cm³/mol. The van der Waals surface area contributed by atoms with Crippen LogP contribution in [0, 0.1) is 0 Å². The van der Waals surface area contributed by atoms with Crippen LogP contribution >= 0.6 is 0 Å². The number of aromatic nitrogens is 1. The molecule has 0 bridgehead atoms. The molecule has 0 saturated heterocycles. The lowest BCUT2D eigenvalue weighted by Crippen LogP contribution is -2.34. The number of rotatable bonds is 6. The van der Waals surface area contributed by atoms with Gasteiger partial charge < -0.3 is 10.6 Å². The van der Waals surface area contributed by atoms with Gasteiger partial charge in [0.05, 0.1) is 6.54 Å². The number of amides is 1. The summed E-state index contributed by atoms with van der Waals surface area (Å²) >= 11 is 0. The van der Waals surface area contributed by atoms with Gasteiger partial charge in [-0.2, -0.15) is 0 Å². The van der Waals surface area contributed by atoms with Crippen LogP contribution in [0.2, 0.25) is 0 Å². The van der Waals surface area contributed by atoms with Crippen LogP contribution in [0.3, 0.4) is 0 Å². The molecule has 1 rings (SSSR count). The zero-order valence-electron chi connectivity index (χ0n) is 10.7. The van der Waals surface area contributed by atoms with Gasteiger partial charge in [0.2, 0.25) is 5.91 Å². The molecule has 5 nitrogen and oxygen atoms in total. The molecule has 0 spiro atoms. The maximum absolute atomic E-state index is 11.4. The molecule has 0 radical (unpaired) electrons. The molecule has 1 aromatic rings. The first-order valence-corrected chi connectivity index (χ1v) is 5.74. The van der Waals surface area contributed by atoms with E-state index in [4.69, 9.17) is 0 Å². The first-order chi connectivity index (χ1) is 8.17. The van der Waals surface area contributed by atoms with Crippen molar-refractivity contribution < 1.29 is 4.79 Å².